The highest BCUT2D eigenvalue weighted by atomic mass is 16.4. The lowest BCUT2D eigenvalue weighted by atomic mass is 9.79. The number of fused-ring (bicyclic) bond motifs is 1. The van der Waals surface area contributed by atoms with Crippen LogP contribution >= 0.6 is 0 Å². The van der Waals surface area contributed by atoms with E-state index in [1.807, 2.05) is 23.0 Å². The van der Waals surface area contributed by atoms with E-state index in [1.165, 1.54) is 24.0 Å². The van der Waals surface area contributed by atoms with Gasteiger partial charge < -0.3 is 10.4 Å². The molecule has 28 heavy (non-hydrogen) atoms. The van der Waals surface area contributed by atoms with E-state index >= 15 is 0 Å². The minimum absolute atomic E-state index is 0.155. The summed E-state index contributed by atoms with van der Waals surface area (Å²) >= 11 is 0. The van der Waals surface area contributed by atoms with E-state index in [-0.39, 0.29) is 5.92 Å². The number of hydrogen-bond acceptors (Lipinski definition) is 3. The molecule has 0 aliphatic heterocycles. The minimum Gasteiger partial charge on any atom is -0.480 e. The number of aryl methyl sites for hydroxylation is 1. The molecule has 0 radical (unpaired) electrons. The molecule has 4 rings (SSSR count). The largest absolute Gasteiger partial charge is 0.480 e. The number of carbonyl (C=O) groups excluding carboxylic acids is 1. The summed E-state index contributed by atoms with van der Waals surface area (Å²) in [6, 6.07) is 9.35. The molecule has 6 heteroatoms. The number of aromatic nitrogens is 2. The molecule has 1 aromatic carbocycles. The molecular formula is C22H27N3O3. The van der Waals surface area contributed by atoms with Crippen LogP contribution in [0, 0.1) is 0 Å². The number of carboxylic acids is 1. The first kappa shape index (κ1) is 18.7. The number of nitrogens with zero attached hydrogens (tertiary/aromatic N) is 2. The van der Waals surface area contributed by atoms with Gasteiger partial charge >= 0.3 is 5.97 Å². The van der Waals surface area contributed by atoms with Crippen molar-refractivity contribution in [3.63, 3.8) is 0 Å². The van der Waals surface area contributed by atoms with Crippen molar-refractivity contribution in [2.75, 3.05) is 0 Å². The van der Waals surface area contributed by atoms with Crippen LogP contribution in [0.25, 0.3) is 0 Å². The molecular weight excluding hydrogens is 354 g/mol. The van der Waals surface area contributed by atoms with Gasteiger partial charge in [0.15, 0.2) is 0 Å². The maximum atomic E-state index is 12.6. The highest BCUT2D eigenvalue weighted by molar-refractivity contribution is 5.94. The SMILES string of the molecule is O=C(NC(CC1CCCc2ccccc21)C(=O)O)c1ccn(C2CCCC2)n1. The second-order valence-corrected chi connectivity index (χ2v) is 8.01. The molecule has 6 nitrogen and oxygen atoms in total. The summed E-state index contributed by atoms with van der Waals surface area (Å²) in [7, 11) is 0. The molecule has 0 saturated heterocycles. The highest BCUT2D eigenvalue weighted by Crippen LogP contribution is 2.34. The average Bonchev–Trinajstić information content (AvgIpc) is 3.39. The van der Waals surface area contributed by atoms with Crippen molar-refractivity contribution in [3.8, 4) is 0 Å². The topological polar surface area (TPSA) is 84.2 Å². The lowest BCUT2D eigenvalue weighted by Crippen LogP contribution is -2.42. The van der Waals surface area contributed by atoms with Crippen LogP contribution in [-0.2, 0) is 11.2 Å². The Balaban J connectivity index is 1.44. The van der Waals surface area contributed by atoms with Gasteiger partial charge in [-0.1, -0.05) is 37.1 Å². The molecule has 0 spiro atoms. The Morgan fingerprint density at radius 1 is 1.14 bits per heavy atom. The first-order valence-electron chi connectivity index (χ1n) is 10.3. The Kier molecular flexibility index (Phi) is 5.46. The van der Waals surface area contributed by atoms with E-state index in [4.69, 9.17) is 0 Å². The van der Waals surface area contributed by atoms with Crippen molar-refractivity contribution < 1.29 is 14.7 Å². The maximum absolute atomic E-state index is 12.6. The van der Waals surface area contributed by atoms with Gasteiger partial charge in [-0.25, -0.2) is 4.79 Å². The summed E-state index contributed by atoms with van der Waals surface area (Å²) in [6.07, 6.45) is 9.82. The summed E-state index contributed by atoms with van der Waals surface area (Å²) in [6.45, 7) is 0. The monoisotopic (exact) mass is 381 g/mol. The van der Waals surface area contributed by atoms with E-state index in [2.05, 4.69) is 22.5 Å². The van der Waals surface area contributed by atoms with Gasteiger partial charge in [0, 0.05) is 6.20 Å². The smallest absolute Gasteiger partial charge is 0.326 e. The predicted molar refractivity (Wildman–Crippen MR) is 105 cm³/mol. The van der Waals surface area contributed by atoms with Gasteiger partial charge in [0.05, 0.1) is 6.04 Å². The van der Waals surface area contributed by atoms with E-state index in [0.29, 0.717) is 18.2 Å². The number of nitrogens with one attached hydrogen (secondary N) is 1. The molecule has 148 valence electrons. The maximum Gasteiger partial charge on any atom is 0.326 e. The zero-order valence-corrected chi connectivity index (χ0v) is 16.0. The molecule has 1 aromatic heterocycles. The van der Waals surface area contributed by atoms with Crippen LogP contribution in [0.3, 0.4) is 0 Å². The third kappa shape index (κ3) is 3.96. The number of rotatable bonds is 6. The van der Waals surface area contributed by atoms with Crippen LogP contribution < -0.4 is 5.32 Å². The van der Waals surface area contributed by atoms with Gasteiger partial charge in [0.1, 0.15) is 11.7 Å². The van der Waals surface area contributed by atoms with Gasteiger partial charge in [0.2, 0.25) is 0 Å². The molecule has 2 aliphatic rings. The summed E-state index contributed by atoms with van der Waals surface area (Å²) in [5, 5.41) is 16.8. The van der Waals surface area contributed by atoms with Crippen molar-refractivity contribution in [2.24, 2.45) is 0 Å². The lowest BCUT2D eigenvalue weighted by molar-refractivity contribution is -0.139. The predicted octanol–water partition coefficient (Wildman–Crippen LogP) is 3.69. The zero-order chi connectivity index (χ0) is 19.5. The van der Waals surface area contributed by atoms with E-state index in [1.54, 1.807) is 6.07 Å². The third-order valence-electron chi connectivity index (χ3n) is 6.16. The Morgan fingerprint density at radius 3 is 2.71 bits per heavy atom. The average molecular weight is 381 g/mol. The van der Waals surface area contributed by atoms with Gasteiger partial charge in [-0.3, -0.25) is 9.48 Å². The van der Waals surface area contributed by atoms with E-state index < -0.39 is 17.9 Å². The second kappa shape index (κ2) is 8.17. The molecule has 1 saturated carbocycles. The van der Waals surface area contributed by atoms with E-state index in [0.717, 1.165) is 32.1 Å². The molecule has 1 amide bonds. The molecule has 1 fully saturated rings. The number of carboxylic acid groups (broad SMARTS) is 1. The van der Waals surface area contributed by atoms with Crippen LogP contribution in [-0.4, -0.2) is 32.8 Å². The lowest BCUT2D eigenvalue weighted by Gasteiger charge is -2.27. The molecule has 2 aliphatic carbocycles. The molecule has 2 N–H and O–H groups in total. The fourth-order valence-electron chi connectivity index (χ4n) is 4.67. The Bertz CT molecular complexity index is 854. The van der Waals surface area contributed by atoms with Gasteiger partial charge in [-0.2, -0.15) is 5.10 Å². The quantitative estimate of drug-likeness (QED) is 0.799. The first-order valence-corrected chi connectivity index (χ1v) is 10.3. The standard InChI is InChI=1S/C22H27N3O3/c26-21(19-12-13-25(24-19)17-9-2-3-10-17)23-20(22(27)28)14-16-8-5-7-15-6-1-4-11-18(15)16/h1,4,6,11-13,16-17,20H,2-3,5,7-10,14H2,(H,23,26)(H,27,28). The Hall–Kier alpha value is -2.63. The van der Waals surface area contributed by atoms with Gasteiger partial charge in [-0.05, 0) is 61.6 Å². The van der Waals surface area contributed by atoms with Crippen LogP contribution in [0.2, 0.25) is 0 Å². The summed E-state index contributed by atoms with van der Waals surface area (Å²) in [5.41, 5.74) is 2.81. The molecule has 2 atom stereocenters. The van der Waals surface area contributed by atoms with Crippen LogP contribution in [0.1, 0.15) is 78.5 Å². The third-order valence-corrected chi connectivity index (χ3v) is 6.16. The number of carbonyl (C=O) groups is 2. The second-order valence-electron chi connectivity index (χ2n) is 8.01. The number of hydrogen-bond donors (Lipinski definition) is 2. The van der Waals surface area contributed by atoms with Crippen molar-refractivity contribution >= 4 is 11.9 Å². The molecule has 2 aromatic rings. The Morgan fingerprint density at radius 2 is 1.93 bits per heavy atom. The van der Waals surface area contributed by atoms with Gasteiger partial charge in [-0.15, -0.1) is 0 Å². The number of benzene rings is 1. The first-order chi connectivity index (χ1) is 13.6. The van der Waals surface area contributed by atoms with Crippen molar-refractivity contribution in [3.05, 3.63) is 53.3 Å². The van der Waals surface area contributed by atoms with Crippen molar-refractivity contribution in [2.45, 2.75) is 69.4 Å². The van der Waals surface area contributed by atoms with E-state index in [9.17, 15) is 14.7 Å². The molecule has 2 unspecified atom stereocenters. The van der Waals surface area contributed by atoms with Crippen LogP contribution in [0.15, 0.2) is 36.5 Å². The van der Waals surface area contributed by atoms with Crippen LogP contribution in [0.4, 0.5) is 0 Å². The summed E-state index contributed by atoms with van der Waals surface area (Å²) < 4.78 is 1.86. The number of amides is 1. The van der Waals surface area contributed by atoms with Crippen molar-refractivity contribution in [1.82, 2.24) is 15.1 Å². The van der Waals surface area contributed by atoms with Gasteiger partial charge in [0.25, 0.3) is 5.91 Å². The zero-order valence-electron chi connectivity index (χ0n) is 16.0. The molecule has 1 heterocycles. The summed E-state index contributed by atoms with van der Waals surface area (Å²) in [5.74, 6) is -1.25. The van der Waals surface area contributed by atoms with Crippen LogP contribution in [0.5, 0.6) is 0 Å². The van der Waals surface area contributed by atoms with Crippen molar-refractivity contribution in [1.29, 1.82) is 0 Å². The fourth-order valence-corrected chi connectivity index (χ4v) is 4.67. The number of aliphatic carboxylic acids is 1. The molecule has 0 bridgehead atoms. The fraction of sp³-hybridized carbons (Fsp3) is 0.500. The summed E-state index contributed by atoms with van der Waals surface area (Å²) in [4.78, 5) is 24.5. The minimum atomic E-state index is -0.994. The normalized spacial score (nSPS) is 20.5. The Labute approximate surface area is 164 Å². The highest BCUT2D eigenvalue weighted by Gasteiger charge is 2.29.